The Hall–Kier alpha value is -0.0800. The Morgan fingerprint density at radius 3 is 2.38 bits per heavy atom. The fraction of sp³-hybridized carbons (Fsp3) is 1.00. The lowest BCUT2D eigenvalue weighted by molar-refractivity contribution is 0.221. The van der Waals surface area contributed by atoms with E-state index in [1.807, 2.05) is 0 Å². The van der Waals surface area contributed by atoms with Gasteiger partial charge in [0.1, 0.15) is 0 Å². The predicted octanol–water partition coefficient (Wildman–Crippen LogP) is 1.74. The Balaban J connectivity index is 1.84. The van der Waals surface area contributed by atoms with Gasteiger partial charge in [-0.3, -0.25) is 0 Å². The SMILES string of the molecule is NC1CCCC(N2CCCC2)CC1. The van der Waals surface area contributed by atoms with Crippen molar-refractivity contribution >= 4 is 0 Å². The van der Waals surface area contributed by atoms with E-state index in [1.165, 1.54) is 58.0 Å². The molecule has 2 nitrogen and oxygen atoms in total. The Morgan fingerprint density at radius 1 is 0.846 bits per heavy atom. The zero-order valence-corrected chi connectivity index (χ0v) is 8.54. The van der Waals surface area contributed by atoms with Crippen LogP contribution in [0.5, 0.6) is 0 Å². The molecule has 2 rings (SSSR count). The molecule has 0 radical (unpaired) electrons. The molecule has 0 aromatic carbocycles. The summed E-state index contributed by atoms with van der Waals surface area (Å²) in [5, 5.41) is 0. The highest BCUT2D eigenvalue weighted by Gasteiger charge is 2.24. The zero-order valence-electron chi connectivity index (χ0n) is 8.54. The highest BCUT2D eigenvalue weighted by molar-refractivity contribution is 4.81. The molecule has 0 aromatic rings. The van der Waals surface area contributed by atoms with E-state index in [0.717, 1.165) is 6.04 Å². The normalized spacial score (nSPS) is 37.6. The van der Waals surface area contributed by atoms with Crippen LogP contribution in [0.15, 0.2) is 0 Å². The van der Waals surface area contributed by atoms with E-state index in [1.54, 1.807) is 0 Å². The lowest BCUT2D eigenvalue weighted by atomic mass is 10.1. The minimum atomic E-state index is 0.493. The van der Waals surface area contributed by atoms with Gasteiger partial charge in [0.25, 0.3) is 0 Å². The average molecular weight is 182 g/mol. The number of rotatable bonds is 1. The molecule has 2 N–H and O–H groups in total. The van der Waals surface area contributed by atoms with Gasteiger partial charge in [0.2, 0.25) is 0 Å². The van der Waals surface area contributed by atoms with E-state index in [9.17, 15) is 0 Å². The highest BCUT2D eigenvalue weighted by atomic mass is 15.2. The summed E-state index contributed by atoms with van der Waals surface area (Å²) in [4.78, 5) is 2.69. The zero-order chi connectivity index (χ0) is 9.10. The summed E-state index contributed by atoms with van der Waals surface area (Å²) in [6.07, 6.45) is 9.44. The van der Waals surface area contributed by atoms with E-state index in [2.05, 4.69) is 4.90 Å². The topological polar surface area (TPSA) is 29.3 Å². The van der Waals surface area contributed by atoms with E-state index in [-0.39, 0.29) is 0 Å². The minimum absolute atomic E-state index is 0.493. The van der Waals surface area contributed by atoms with Crippen LogP contribution in [0.25, 0.3) is 0 Å². The maximum Gasteiger partial charge on any atom is 0.00958 e. The number of hydrogen-bond donors (Lipinski definition) is 1. The largest absolute Gasteiger partial charge is 0.328 e. The van der Waals surface area contributed by atoms with Gasteiger partial charge in [-0.25, -0.2) is 0 Å². The number of nitrogens with zero attached hydrogens (tertiary/aromatic N) is 1. The molecule has 76 valence electrons. The van der Waals surface area contributed by atoms with E-state index >= 15 is 0 Å². The number of hydrogen-bond acceptors (Lipinski definition) is 2. The third-order valence-corrected chi connectivity index (χ3v) is 3.64. The fourth-order valence-corrected chi connectivity index (χ4v) is 2.78. The standard InChI is InChI=1S/C11H22N2/c12-10-4-3-5-11(7-6-10)13-8-1-2-9-13/h10-11H,1-9,12H2. The summed E-state index contributed by atoms with van der Waals surface area (Å²) >= 11 is 0. The smallest absolute Gasteiger partial charge is 0.00958 e. The molecule has 1 heterocycles. The van der Waals surface area contributed by atoms with Crippen LogP contribution >= 0.6 is 0 Å². The van der Waals surface area contributed by atoms with Crippen LogP contribution in [0.1, 0.15) is 44.9 Å². The van der Waals surface area contributed by atoms with Crippen molar-refractivity contribution in [2.45, 2.75) is 57.0 Å². The summed E-state index contributed by atoms with van der Waals surface area (Å²) in [7, 11) is 0. The second-order valence-corrected chi connectivity index (χ2v) is 4.67. The summed E-state index contributed by atoms with van der Waals surface area (Å²) < 4.78 is 0. The lowest BCUT2D eigenvalue weighted by Crippen LogP contribution is -2.32. The molecule has 1 saturated heterocycles. The van der Waals surface area contributed by atoms with Gasteiger partial charge in [0.05, 0.1) is 0 Å². The van der Waals surface area contributed by atoms with Crippen molar-refractivity contribution in [1.82, 2.24) is 4.90 Å². The molecule has 0 spiro atoms. The van der Waals surface area contributed by atoms with Crippen molar-refractivity contribution < 1.29 is 0 Å². The van der Waals surface area contributed by atoms with Gasteiger partial charge < -0.3 is 10.6 Å². The second-order valence-electron chi connectivity index (χ2n) is 4.67. The van der Waals surface area contributed by atoms with Crippen LogP contribution in [0, 0.1) is 0 Å². The highest BCUT2D eigenvalue weighted by Crippen LogP contribution is 2.24. The molecule has 1 saturated carbocycles. The molecule has 2 atom stereocenters. The molecule has 2 unspecified atom stereocenters. The molecule has 0 bridgehead atoms. The van der Waals surface area contributed by atoms with Crippen molar-refractivity contribution in [3.05, 3.63) is 0 Å². The van der Waals surface area contributed by atoms with Crippen LogP contribution in [0.3, 0.4) is 0 Å². The summed E-state index contributed by atoms with van der Waals surface area (Å²) in [6.45, 7) is 2.69. The molecule has 1 aliphatic heterocycles. The third-order valence-electron chi connectivity index (χ3n) is 3.64. The van der Waals surface area contributed by atoms with Crippen LogP contribution in [0.2, 0.25) is 0 Å². The summed E-state index contributed by atoms with van der Waals surface area (Å²) in [5.74, 6) is 0. The Bertz CT molecular complexity index is 152. The van der Waals surface area contributed by atoms with E-state index < -0.39 is 0 Å². The van der Waals surface area contributed by atoms with Gasteiger partial charge in [0.15, 0.2) is 0 Å². The Morgan fingerprint density at radius 2 is 1.62 bits per heavy atom. The van der Waals surface area contributed by atoms with Crippen molar-refractivity contribution in [3.63, 3.8) is 0 Å². The molecular formula is C11H22N2. The van der Waals surface area contributed by atoms with Gasteiger partial charge in [-0.15, -0.1) is 0 Å². The molecule has 2 aliphatic rings. The Kier molecular flexibility index (Phi) is 3.23. The summed E-state index contributed by atoms with van der Waals surface area (Å²) in [6, 6.07) is 1.36. The monoisotopic (exact) mass is 182 g/mol. The number of nitrogens with two attached hydrogens (primary N) is 1. The number of likely N-dealkylation sites (tertiary alicyclic amines) is 1. The average Bonchev–Trinajstić information content (AvgIpc) is 2.56. The molecule has 0 amide bonds. The van der Waals surface area contributed by atoms with E-state index in [0.29, 0.717) is 6.04 Å². The third kappa shape index (κ3) is 2.44. The first kappa shape index (κ1) is 9.47. The first-order valence-corrected chi connectivity index (χ1v) is 5.86. The lowest BCUT2D eigenvalue weighted by Gasteiger charge is -2.26. The summed E-state index contributed by atoms with van der Waals surface area (Å²) in [5.41, 5.74) is 5.98. The first-order chi connectivity index (χ1) is 6.36. The van der Waals surface area contributed by atoms with Crippen molar-refractivity contribution in [1.29, 1.82) is 0 Å². The molecule has 2 fully saturated rings. The second kappa shape index (κ2) is 4.43. The molecule has 0 aromatic heterocycles. The van der Waals surface area contributed by atoms with Crippen molar-refractivity contribution in [2.24, 2.45) is 5.73 Å². The maximum absolute atomic E-state index is 5.98. The van der Waals surface area contributed by atoms with Gasteiger partial charge in [-0.05, 0) is 51.6 Å². The quantitative estimate of drug-likeness (QED) is 0.626. The minimum Gasteiger partial charge on any atom is -0.328 e. The van der Waals surface area contributed by atoms with Gasteiger partial charge >= 0.3 is 0 Å². The molecule has 1 aliphatic carbocycles. The van der Waals surface area contributed by atoms with Crippen LogP contribution in [0.4, 0.5) is 0 Å². The molecular weight excluding hydrogens is 160 g/mol. The van der Waals surface area contributed by atoms with Gasteiger partial charge in [-0.1, -0.05) is 6.42 Å². The van der Waals surface area contributed by atoms with E-state index in [4.69, 9.17) is 5.73 Å². The van der Waals surface area contributed by atoms with Crippen LogP contribution in [-0.2, 0) is 0 Å². The predicted molar refractivity (Wildman–Crippen MR) is 55.7 cm³/mol. The van der Waals surface area contributed by atoms with Crippen molar-refractivity contribution in [3.8, 4) is 0 Å². The van der Waals surface area contributed by atoms with Crippen LogP contribution in [-0.4, -0.2) is 30.1 Å². The van der Waals surface area contributed by atoms with Crippen LogP contribution < -0.4 is 5.73 Å². The molecule has 2 heteroatoms. The maximum atomic E-state index is 5.98. The molecule has 13 heavy (non-hydrogen) atoms. The van der Waals surface area contributed by atoms with Crippen molar-refractivity contribution in [2.75, 3.05) is 13.1 Å². The Labute approximate surface area is 81.5 Å². The van der Waals surface area contributed by atoms with Gasteiger partial charge in [0, 0.05) is 12.1 Å². The fourth-order valence-electron chi connectivity index (χ4n) is 2.78. The first-order valence-electron chi connectivity index (χ1n) is 5.86. The van der Waals surface area contributed by atoms with Gasteiger partial charge in [-0.2, -0.15) is 0 Å².